The summed E-state index contributed by atoms with van der Waals surface area (Å²) in [5.41, 5.74) is 0.988. The van der Waals surface area contributed by atoms with E-state index < -0.39 is 0 Å². The number of rotatable bonds is 7. The molecule has 0 bridgehead atoms. The van der Waals surface area contributed by atoms with Gasteiger partial charge >= 0.3 is 0 Å². The van der Waals surface area contributed by atoms with Crippen LogP contribution in [0, 0.1) is 5.82 Å². The molecule has 0 aliphatic rings. The van der Waals surface area contributed by atoms with Crippen molar-refractivity contribution in [1.29, 1.82) is 0 Å². The second-order valence-electron chi connectivity index (χ2n) is 5.00. The fraction of sp³-hybridized carbons (Fsp3) is 0.375. The molecule has 114 valence electrons. The lowest BCUT2D eigenvalue weighted by molar-refractivity contribution is 0.507. The van der Waals surface area contributed by atoms with Gasteiger partial charge in [-0.25, -0.2) is 4.39 Å². The highest BCUT2D eigenvalue weighted by Crippen LogP contribution is 2.25. The van der Waals surface area contributed by atoms with Gasteiger partial charge in [0, 0.05) is 15.9 Å². The molecule has 1 N–H and O–H groups in total. The highest BCUT2D eigenvalue weighted by atomic mass is 79.9. The average Bonchev–Trinajstić information content (AvgIpc) is 2.84. The van der Waals surface area contributed by atoms with Crippen molar-refractivity contribution < 1.29 is 4.39 Å². The predicted octanol–water partition coefficient (Wildman–Crippen LogP) is 5.46. The van der Waals surface area contributed by atoms with Gasteiger partial charge in [0.1, 0.15) is 5.82 Å². The molecule has 0 saturated carbocycles. The highest BCUT2D eigenvalue weighted by Gasteiger charge is 2.13. The Labute approximate surface area is 142 Å². The fourth-order valence-electron chi connectivity index (χ4n) is 2.22. The van der Waals surface area contributed by atoms with Crippen molar-refractivity contribution >= 4 is 38.9 Å². The van der Waals surface area contributed by atoms with Crippen molar-refractivity contribution in [2.45, 2.75) is 32.2 Å². The summed E-state index contributed by atoms with van der Waals surface area (Å²) < 4.78 is 14.3. The minimum Gasteiger partial charge on any atom is -0.313 e. The van der Waals surface area contributed by atoms with Crippen LogP contribution < -0.4 is 5.32 Å². The summed E-state index contributed by atoms with van der Waals surface area (Å²) in [5.74, 6) is -0.288. The summed E-state index contributed by atoms with van der Waals surface area (Å²) in [5, 5.41) is 4.06. The van der Waals surface area contributed by atoms with Crippen LogP contribution in [0.3, 0.4) is 0 Å². The third kappa shape index (κ3) is 5.37. The third-order valence-electron chi connectivity index (χ3n) is 3.24. The Morgan fingerprint density at radius 2 is 2.10 bits per heavy atom. The summed E-state index contributed by atoms with van der Waals surface area (Å²) in [7, 11) is 0. The van der Waals surface area contributed by atoms with Crippen molar-refractivity contribution in [3.05, 3.63) is 55.4 Å². The van der Waals surface area contributed by atoms with E-state index in [0.717, 1.165) is 35.2 Å². The Bertz CT molecular complexity index is 587. The number of nitrogens with one attached hydrogen (secondary N) is 1. The first-order valence-electron chi connectivity index (χ1n) is 7.00. The van der Waals surface area contributed by atoms with E-state index in [0.29, 0.717) is 11.1 Å². The molecule has 1 heterocycles. The van der Waals surface area contributed by atoms with E-state index in [1.54, 1.807) is 17.4 Å². The van der Waals surface area contributed by atoms with Crippen LogP contribution in [0.4, 0.5) is 4.39 Å². The van der Waals surface area contributed by atoms with Gasteiger partial charge in [0.15, 0.2) is 0 Å². The Hall–Kier alpha value is -0.420. The van der Waals surface area contributed by atoms with Gasteiger partial charge in [-0.05, 0) is 71.6 Å². The van der Waals surface area contributed by atoms with E-state index in [1.807, 2.05) is 0 Å². The summed E-state index contributed by atoms with van der Waals surface area (Å²) in [6.45, 7) is 3.12. The molecule has 0 fully saturated rings. The molecule has 1 atom stereocenters. The van der Waals surface area contributed by atoms with Crippen molar-refractivity contribution in [1.82, 2.24) is 5.32 Å². The summed E-state index contributed by atoms with van der Waals surface area (Å²) in [6.07, 6.45) is 2.83. The third-order valence-corrected chi connectivity index (χ3v) is 5.24. The normalized spacial score (nSPS) is 12.6. The zero-order chi connectivity index (χ0) is 15.2. The van der Waals surface area contributed by atoms with Crippen LogP contribution >= 0.6 is 38.9 Å². The summed E-state index contributed by atoms with van der Waals surface area (Å²) in [4.78, 5) is 1.33. The van der Waals surface area contributed by atoms with Gasteiger partial charge in [-0.3, -0.25) is 0 Å². The molecule has 1 aromatic heterocycles. The molecule has 5 heteroatoms. The molecule has 0 spiro atoms. The van der Waals surface area contributed by atoms with Crippen LogP contribution in [-0.4, -0.2) is 12.6 Å². The monoisotopic (exact) mass is 389 g/mol. The first-order valence-corrected chi connectivity index (χ1v) is 8.98. The van der Waals surface area contributed by atoms with Crippen molar-refractivity contribution in [3.8, 4) is 0 Å². The zero-order valence-electron chi connectivity index (χ0n) is 11.8. The molecule has 0 aliphatic carbocycles. The molecule has 1 unspecified atom stereocenters. The molecular formula is C16H18BrClFNS. The maximum atomic E-state index is 13.1. The Morgan fingerprint density at radius 3 is 2.71 bits per heavy atom. The highest BCUT2D eigenvalue weighted by molar-refractivity contribution is 9.11. The first-order chi connectivity index (χ1) is 10.1. The van der Waals surface area contributed by atoms with Crippen molar-refractivity contribution in [2.75, 3.05) is 6.54 Å². The molecule has 2 aromatic rings. The number of benzene rings is 1. The van der Waals surface area contributed by atoms with Gasteiger partial charge in [0.25, 0.3) is 0 Å². The minimum absolute atomic E-state index is 0.288. The lowest BCUT2D eigenvalue weighted by Gasteiger charge is -2.18. The van der Waals surface area contributed by atoms with Gasteiger partial charge in [0.05, 0.1) is 3.79 Å². The smallest absolute Gasteiger partial charge is 0.124 e. The molecule has 1 aromatic carbocycles. The largest absolute Gasteiger partial charge is 0.313 e. The van der Waals surface area contributed by atoms with Crippen LogP contribution in [0.1, 0.15) is 23.8 Å². The predicted molar refractivity (Wildman–Crippen MR) is 92.9 cm³/mol. The summed E-state index contributed by atoms with van der Waals surface area (Å²) in [6, 6.07) is 9.15. The number of hydrogen-bond donors (Lipinski definition) is 1. The quantitative estimate of drug-likeness (QED) is 0.662. The van der Waals surface area contributed by atoms with E-state index in [4.69, 9.17) is 11.6 Å². The maximum absolute atomic E-state index is 13.1. The standard InChI is InChI=1S/C16H18BrClFNS/c1-2-7-20-13(10-14-5-6-16(17)21-14)8-11-3-4-12(19)9-15(11)18/h3-6,9,13,20H,2,7-8,10H2,1H3. The number of thiophene rings is 1. The van der Waals surface area contributed by atoms with Crippen LogP contribution in [0.25, 0.3) is 0 Å². The maximum Gasteiger partial charge on any atom is 0.124 e. The van der Waals surface area contributed by atoms with Crippen LogP contribution in [-0.2, 0) is 12.8 Å². The molecule has 0 aliphatic heterocycles. The zero-order valence-corrected chi connectivity index (χ0v) is 15.0. The van der Waals surface area contributed by atoms with Gasteiger partial charge < -0.3 is 5.32 Å². The van der Waals surface area contributed by atoms with E-state index in [-0.39, 0.29) is 5.82 Å². The van der Waals surface area contributed by atoms with E-state index in [9.17, 15) is 4.39 Å². The van der Waals surface area contributed by atoms with Crippen LogP contribution in [0.15, 0.2) is 34.1 Å². The minimum atomic E-state index is -0.288. The molecule has 1 nitrogen and oxygen atoms in total. The van der Waals surface area contributed by atoms with Crippen molar-refractivity contribution in [2.24, 2.45) is 0 Å². The molecule has 2 rings (SSSR count). The van der Waals surface area contributed by atoms with Gasteiger partial charge in [-0.2, -0.15) is 0 Å². The second-order valence-corrected chi connectivity index (χ2v) is 7.96. The van der Waals surface area contributed by atoms with Gasteiger partial charge in [-0.15, -0.1) is 11.3 Å². The van der Waals surface area contributed by atoms with Crippen molar-refractivity contribution in [3.63, 3.8) is 0 Å². The van der Waals surface area contributed by atoms with Gasteiger partial charge in [-0.1, -0.05) is 24.6 Å². The first kappa shape index (κ1) is 16.9. The molecule has 0 amide bonds. The molecule has 21 heavy (non-hydrogen) atoms. The molecule has 0 radical (unpaired) electrons. The van der Waals surface area contributed by atoms with E-state index >= 15 is 0 Å². The lowest BCUT2D eigenvalue weighted by Crippen LogP contribution is -2.33. The Balaban J connectivity index is 2.08. The van der Waals surface area contributed by atoms with Crippen LogP contribution in [0.2, 0.25) is 5.02 Å². The average molecular weight is 391 g/mol. The van der Waals surface area contributed by atoms with Crippen LogP contribution in [0.5, 0.6) is 0 Å². The number of halogens is 3. The Kier molecular flexibility index (Phi) is 6.68. The fourth-order valence-corrected chi connectivity index (χ4v) is 4.03. The van der Waals surface area contributed by atoms with E-state index in [1.165, 1.54) is 17.0 Å². The molecule has 0 saturated heterocycles. The second kappa shape index (κ2) is 8.28. The lowest BCUT2D eigenvalue weighted by atomic mass is 10.0. The van der Waals surface area contributed by atoms with Gasteiger partial charge in [0.2, 0.25) is 0 Å². The SMILES string of the molecule is CCCNC(Cc1ccc(Br)s1)Cc1ccc(F)cc1Cl. The number of hydrogen-bond acceptors (Lipinski definition) is 2. The molecular weight excluding hydrogens is 373 g/mol. The summed E-state index contributed by atoms with van der Waals surface area (Å²) >= 11 is 11.4. The van der Waals surface area contributed by atoms with E-state index in [2.05, 4.69) is 40.3 Å². The Morgan fingerprint density at radius 1 is 1.29 bits per heavy atom. The topological polar surface area (TPSA) is 12.0 Å².